The third kappa shape index (κ3) is 3.08. The van der Waals surface area contributed by atoms with Gasteiger partial charge in [-0.15, -0.1) is 11.3 Å². The van der Waals surface area contributed by atoms with Crippen LogP contribution in [-0.2, 0) is 11.3 Å². The number of carbonyl (C=O) groups is 1. The highest BCUT2D eigenvalue weighted by atomic mass is 79.9. The van der Waals surface area contributed by atoms with Crippen LogP contribution in [0.2, 0.25) is 0 Å². The first-order valence-corrected chi connectivity index (χ1v) is 7.12. The number of thiophene rings is 1. The molecule has 6 heteroatoms. The smallest absolute Gasteiger partial charge is 0.340 e. The standard InChI is InChI=1S/C13H12BrNO3S/c1-17-10-4-2-3-8(12(10)15)13(16)18-7-11-9(14)5-6-19-11/h2-6H,7,15H2,1H3. The fraction of sp³-hybridized carbons (Fsp3) is 0.154. The van der Waals surface area contributed by atoms with Gasteiger partial charge in [0.1, 0.15) is 12.4 Å². The molecule has 0 atom stereocenters. The second-order valence-electron chi connectivity index (χ2n) is 3.69. The van der Waals surface area contributed by atoms with Gasteiger partial charge in [-0.3, -0.25) is 0 Å². The van der Waals surface area contributed by atoms with Crippen LogP contribution in [0.25, 0.3) is 0 Å². The Balaban J connectivity index is 2.10. The van der Waals surface area contributed by atoms with E-state index in [1.807, 2.05) is 11.4 Å². The summed E-state index contributed by atoms with van der Waals surface area (Å²) in [5.41, 5.74) is 6.45. The van der Waals surface area contributed by atoms with E-state index in [9.17, 15) is 4.79 Å². The Hall–Kier alpha value is -1.53. The number of rotatable bonds is 4. The Kier molecular flexibility index (Phi) is 4.44. The molecule has 19 heavy (non-hydrogen) atoms. The predicted molar refractivity (Wildman–Crippen MR) is 78.5 cm³/mol. The van der Waals surface area contributed by atoms with E-state index >= 15 is 0 Å². The number of carbonyl (C=O) groups excluding carboxylic acids is 1. The van der Waals surface area contributed by atoms with Crippen LogP contribution in [0.1, 0.15) is 15.2 Å². The van der Waals surface area contributed by atoms with E-state index < -0.39 is 5.97 Å². The van der Waals surface area contributed by atoms with Crippen molar-refractivity contribution in [3.05, 3.63) is 44.6 Å². The molecule has 1 aromatic carbocycles. The van der Waals surface area contributed by atoms with E-state index in [4.69, 9.17) is 15.2 Å². The lowest BCUT2D eigenvalue weighted by Gasteiger charge is -2.09. The molecule has 0 aliphatic carbocycles. The number of para-hydroxylation sites is 1. The summed E-state index contributed by atoms with van der Waals surface area (Å²) in [4.78, 5) is 12.9. The van der Waals surface area contributed by atoms with E-state index in [1.165, 1.54) is 18.4 Å². The second-order valence-corrected chi connectivity index (χ2v) is 5.54. The fourth-order valence-corrected chi connectivity index (χ4v) is 2.91. The minimum absolute atomic E-state index is 0.216. The van der Waals surface area contributed by atoms with Crippen molar-refractivity contribution >= 4 is 38.9 Å². The van der Waals surface area contributed by atoms with Gasteiger partial charge in [-0.25, -0.2) is 4.79 Å². The van der Waals surface area contributed by atoms with Gasteiger partial charge in [-0.1, -0.05) is 6.07 Å². The normalized spacial score (nSPS) is 10.2. The van der Waals surface area contributed by atoms with Crippen molar-refractivity contribution in [2.75, 3.05) is 12.8 Å². The number of halogens is 1. The third-order valence-electron chi connectivity index (χ3n) is 2.53. The van der Waals surface area contributed by atoms with E-state index in [1.54, 1.807) is 18.2 Å². The highest BCUT2D eigenvalue weighted by Gasteiger charge is 2.15. The number of methoxy groups -OCH3 is 1. The second kappa shape index (κ2) is 6.08. The van der Waals surface area contributed by atoms with Crippen molar-refractivity contribution in [3.63, 3.8) is 0 Å². The molecule has 0 bridgehead atoms. The number of hydrogen-bond acceptors (Lipinski definition) is 5. The molecule has 2 aromatic rings. The molecule has 1 aromatic heterocycles. The topological polar surface area (TPSA) is 61.5 Å². The quantitative estimate of drug-likeness (QED) is 0.683. The van der Waals surface area contributed by atoms with E-state index in [0.717, 1.165) is 9.35 Å². The lowest BCUT2D eigenvalue weighted by molar-refractivity contribution is 0.0477. The first-order valence-electron chi connectivity index (χ1n) is 5.45. The van der Waals surface area contributed by atoms with Gasteiger partial charge in [0, 0.05) is 4.47 Å². The monoisotopic (exact) mass is 341 g/mol. The minimum atomic E-state index is -0.461. The number of ether oxygens (including phenoxy) is 2. The Labute approximate surface area is 123 Å². The van der Waals surface area contributed by atoms with E-state index in [2.05, 4.69) is 15.9 Å². The average Bonchev–Trinajstić information content (AvgIpc) is 2.82. The van der Waals surface area contributed by atoms with Crippen molar-refractivity contribution in [1.82, 2.24) is 0 Å². The van der Waals surface area contributed by atoms with Crippen LogP contribution in [0.5, 0.6) is 5.75 Å². The van der Waals surface area contributed by atoms with Gasteiger partial charge >= 0.3 is 5.97 Å². The molecular formula is C13H12BrNO3S. The van der Waals surface area contributed by atoms with Gasteiger partial charge in [0.25, 0.3) is 0 Å². The number of hydrogen-bond donors (Lipinski definition) is 1. The molecule has 0 radical (unpaired) electrons. The molecule has 0 spiro atoms. The van der Waals surface area contributed by atoms with Crippen LogP contribution in [0.3, 0.4) is 0 Å². The fourth-order valence-electron chi connectivity index (χ4n) is 1.54. The summed E-state index contributed by atoms with van der Waals surface area (Å²) in [6.45, 7) is 0.216. The Morgan fingerprint density at radius 1 is 1.42 bits per heavy atom. The van der Waals surface area contributed by atoms with Crippen LogP contribution in [0.15, 0.2) is 34.1 Å². The summed E-state index contributed by atoms with van der Waals surface area (Å²) in [6, 6.07) is 6.92. The molecule has 0 amide bonds. The average molecular weight is 342 g/mol. The lowest BCUT2D eigenvalue weighted by Crippen LogP contribution is -2.08. The van der Waals surface area contributed by atoms with Crippen molar-refractivity contribution in [2.24, 2.45) is 0 Å². The highest BCUT2D eigenvalue weighted by molar-refractivity contribution is 9.10. The Bertz CT molecular complexity index is 597. The summed E-state index contributed by atoms with van der Waals surface area (Å²) in [5, 5.41) is 1.92. The van der Waals surface area contributed by atoms with Gasteiger partial charge < -0.3 is 15.2 Å². The number of esters is 1. The number of anilines is 1. The zero-order chi connectivity index (χ0) is 13.8. The molecule has 0 unspecified atom stereocenters. The molecule has 1 heterocycles. The number of nitrogens with two attached hydrogens (primary N) is 1. The van der Waals surface area contributed by atoms with E-state index in [0.29, 0.717) is 17.0 Å². The van der Waals surface area contributed by atoms with Gasteiger partial charge in [0.05, 0.1) is 23.2 Å². The summed E-state index contributed by atoms with van der Waals surface area (Å²) in [6.07, 6.45) is 0. The summed E-state index contributed by atoms with van der Waals surface area (Å²) >= 11 is 4.90. The van der Waals surface area contributed by atoms with Crippen LogP contribution in [-0.4, -0.2) is 13.1 Å². The molecule has 0 aliphatic rings. The maximum absolute atomic E-state index is 12.0. The van der Waals surface area contributed by atoms with Crippen LogP contribution in [0, 0.1) is 0 Å². The van der Waals surface area contributed by atoms with Gasteiger partial charge in [0.2, 0.25) is 0 Å². The molecular weight excluding hydrogens is 330 g/mol. The van der Waals surface area contributed by atoms with E-state index in [-0.39, 0.29) is 6.61 Å². The van der Waals surface area contributed by atoms with Gasteiger partial charge in [0.15, 0.2) is 0 Å². The molecule has 0 saturated heterocycles. The zero-order valence-corrected chi connectivity index (χ0v) is 12.6. The zero-order valence-electron chi connectivity index (χ0n) is 10.2. The Morgan fingerprint density at radius 2 is 2.21 bits per heavy atom. The maximum Gasteiger partial charge on any atom is 0.340 e. The van der Waals surface area contributed by atoms with Gasteiger partial charge in [-0.2, -0.15) is 0 Å². The molecule has 2 rings (SSSR count). The number of benzene rings is 1. The van der Waals surface area contributed by atoms with Crippen LogP contribution < -0.4 is 10.5 Å². The summed E-state index contributed by atoms with van der Waals surface area (Å²) in [5.74, 6) is 0.00320. The molecule has 0 saturated carbocycles. The SMILES string of the molecule is COc1cccc(C(=O)OCc2sccc2Br)c1N. The summed E-state index contributed by atoms with van der Waals surface area (Å²) < 4.78 is 11.2. The van der Waals surface area contributed by atoms with Crippen molar-refractivity contribution < 1.29 is 14.3 Å². The molecule has 0 fully saturated rings. The predicted octanol–water partition coefficient (Wildman–Crippen LogP) is 3.46. The largest absolute Gasteiger partial charge is 0.495 e. The Morgan fingerprint density at radius 3 is 2.84 bits per heavy atom. The van der Waals surface area contributed by atoms with Crippen molar-refractivity contribution in [3.8, 4) is 5.75 Å². The summed E-state index contributed by atoms with van der Waals surface area (Å²) in [7, 11) is 1.50. The molecule has 0 aliphatic heterocycles. The maximum atomic E-state index is 12.0. The lowest BCUT2D eigenvalue weighted by atomic mass is 10.1. The van der Waals surface area contributed by atoms with Crippen molar-refractivity contribution in [1.29, 1.82) is 0 Å². The van der Waals surface area contributed by atoms with Crippen molar-refractivity contribution in [2.45, 2.75) is 6.61 Å². The third-order valence-corrected chi connectivity index (χ3v) is 4.43. The molecule has 4 nitrogen and oxygen atoms in total. The molecule has 2 N–H and O–H groups in total. The van der Waals surface area contributed by atoms with Gasteiger partial charge in [-0.05, 0) is 39.5 Å². The van der Waals surface area contributed by atoms with Crippen LogP contribution in [0.4, 0.5) is 5.69 Å². The first kappa shape index (κ1) is 13.9. The first-order chi connectivity index (χ1) is 9.13. The minimum Gasteiger partial charge on any atom is -0.495 e. The highest BCUT2D eigenvalue weighted by Crippen LogP contribution is 2.27. The van der Waals surface area contributed by atoms with Crippen LogP contribution >= 0.6 is 27.3 Å². The molecule has 100 valence electrons. The number of nitrogen functional groups attached to an aromatic ring is 1.